The smallest absolute Gasteiger partial charge is 0.249 e. The minimum Gasteiger partial charge on any atom is -0.396 e. The third kappa shape index (κ3) is 7.39. The number of carbonyl (C=O) groups excluding carboxylic acids is 2. The summed E-state index contributed by atoms with van der Waals surface area (Å²) in [5.74, 6) is 0.0255. The van der Waals surface area contributed by atoms with Crippen molar-refractivity contribution in [2.75, 3.05) is 31.7 Å². The second-order valence-corrected chi connectivity index (χ2v) is 5.95. The molecule has 0 aliphatic heterocycles. The molecular formula is C12H24N2O4S. The molecule has 6 nitrogen and oxygen atoms in total. The van der Waals surface area contributed by atoms with Crippen molar-refractivity contribution < 1.29 is 19.8 Å². The second kappa shape index (κ2) is 9.17. The van der Waals surface area contributed by atoms with Crippen molar-refractivity contribution in [3.8, 4) is 0 Å². The van der Waals surface area contributed by atoms with E-state index in [0.29, 0.717) is 6.54 Å². The van der Waals surface area contributed by atoms with E-state index >= 15 is 0 Å². The molecule has 112 valence electrons. The standard InChI is InChI=1S/C12H24N2O4S/c1-12(2,8-15)10(17)11(18)14-7-9(16)13-5-4-6-19-3/h10,15,17H,4-8H2,1-3H3,(H,13,16)(H,14,18)/t10-/m0/s1. The van der Waals surface area contributed by atoms with Crippen LogP contribution in [0.3, 0.4) is 0 Å². The lowest BCUT2D eigenvalue weighted by molar-refractivity contribution is -0.138. The first kappa shape index (κ1) is 18.2. The van der Waals surface area contributed by atoms with Crippen molar-refractivity contribution in [1.29, 1.82) is 0 Å². The molecule has 0 rings (SSSR count). The highest BCUT2D eigenvalue weighted by molar-refractivity contribution is 7.98. The van der Waals surface area contributed by atoms with E-state index in [-0.39, 0.29) is 19.1 Å². The van der Waals surface area contributed by atoms with Crippen molar-refractivity contribution in [3.05, 3.63) is 0 Å². The molecule has 0 radical (unpaired) electrons. The average Bonchev–Trinajstić information content (AvgIpc) is 2.40. The first-order valence-corrected chi connectivity index (χ1v) is 7.57. The first-order valence-electron chi connectivity index (χ1n) is 6.17. The largest absolute Gasteiger partial charge is 0.396 e. The summed E-state index contributed by atoms with van der Waals surface area (Å²) in [5, 5.41) is 23.7. The van der Waals surface area contributed by atoms with Gasteiger partial charge >= 0.3 is 0 Å². The fraction of sp³-hybridized carbons (Fsp3) is 0.833. The molecule has 0 saturated carbocycles. The van der Waals surface area contributed by atoms with Crippen LogP contribution < -0.4 is 10.6 Å². The summed E-state index contributed by atoms with van der Waals surface area (Å²) in [7, 11) is 0. The van der Waals surface area contributed by atoms with Crippen molar-refractivity contribution in [1.82, 2.24) is 10.6 Å². The topological polar surface area (TPSA) is 98.7 Å². The van der Waals surface area contributed by atoms with E-state index in [1.807, 2.05) is 6.26 Å². The van der Waals surface area contributed by atoms with Gasteiger partial charge in [-0.05, 0) is 18.4 Å². The Kier molecular flexibility index (Phi) is 8.79. The first-order chi connectivity index (χ1) is 8.85. The lowest BCUT2D eigenvalue weighted by Crippen LogP contribution is -2.48. The Morgan fingerprint density at radius 1 is 1.32 bits per heavy atom. The molecule has 7 heteroatoms. The van der Waals surface area contributed by atoms with Gasteiger partial charge in [-0.25, -0.2) is 0 Å². The zero-order valence-corrected chi connectivity index (χ0v) is 12.5. The van der Waals surface area contributed by atoms with Crippen LogP contribution in [0.5, 0.6) is 0 Å². The maximum Gasteiger partial charge on any atom is 0.249 e. The van der Waals surface area contributed by atoms with Gasteiger partial charge in [-0.2, -0.15) is 11.8 Å². The molecule has 0 bridgehead atoms. The monoisotopic (exact) mass is 292 g/mol. The molecule has 2 amide bonds. The second-order valence-electron chi connectivity index (χ2n) is 4.96. The van der Waals surface area contributed by atoms with Crippen LogP contribution in [0.4, 0.5) is 0 Å². The molecule has 1 atom stereocenters. The van der Waals surface area contributed by atoms with E-state index in [9.17, 15) is 14.7 Å². The van der Waals surface area contributed by atoms with Crippen molar-refractivity contribution in [2.24, 2.45) is 5.41 Å². The highest BCUT2D eigenvalue weighted by atomic mass is 32.2. The van der Waals surface area contributed by atoms with Gasteiger partial charge in [0.15, 0.2) is 0 Å². The van der Waals surface area contributed by atoms with Crippen LogP contribution in [-0.4, -0.2) is 59.8 Å². The highest BCUT2D eigenvalue weighted by Crippen LogP contribution is 2.19. The maximum atomic E-state index is 11.6. The molecule has 19 heavy (non-hydrogen) atoms. The Morgan fingerprint density at radius 2 is 1.95 bits per heavy atom. The van der Waals surface area contributed by atoms with Crippen LogP contribution in [0.2, 0.25) is 0 Å². The van der Waals surface area contributed by atoms with Crippen molar-refractivity contribution in [2.45, 2.75) is 26.4 Å². The van der Waals surface area contributed by atoms with Crippen LogP contribution in [0, 0.1) is 5.41 Å². The van der Waals surface area contributed by atoms with Crippen molar-refractivity contribution in [3.63, 3.8) is 0 Å². The summed E-state index contributed by atoms with van der Waals surface area (Å²) >= 11 is 1.70. The fourth-order valence-corrected chi connectivity index (χ4v) is 1.65. The SMILES string of the molecule is CSCCCNC(=O)CNC(=O)[C@H](O)C(C)(C)CO. The van der Waals surface area contributed by atoms with Gasteiger partial charge < -0.3 is 20.8 Å². The van der Waals surface area contributed by atoms with E-state index in [4.69, 9.17) is 5.11 Å². The Bertz CT molecular complexity index is 297. The molecule has 0 aliphatic rings. The number of nitrogens with one attached hydrogen (secondary N) is 2. The molecule has 4 N–H and O–H groups in total. The summed E-state index contributed by atoms with van der Waals surface area (Å²) < 4.78 is 0. The zero-order chi connectivity index (χ0) is 14.9. The number of hydrogen-bond acceptors (Lipinski definition) is 5. The molecular weight excluding hydrogens is 268 g/mol. The molecule has 0 aliphatic carbocycles. The van der Waals surface area contributed by atoms with Gasteiger partial charge in [0, 0.05) is 12.0 Å². The Labute approximate surface area is 118 Å². The average molecular weight is 292 g/mol. The Hall–Kier alpha value is -0.790. The normalized spacial score (nSPS) is 12.9. The van der Waals surface area contributed by atoms with Crippen LogP contribution in [-0.2, 0) is 9.59 Å². The Balaban J connectivity index is 3.93. The van der Waals surface area contributed by atoms with E-state index < -0.39 is 17.4 Å². The van der Waals surface area contributed by atoms with Gasteiger partial charge in [-0.1, -0.05) is 13.8 Å². The number of aliphatic hydroxyl groups excluding tert-OH is 2. The van der Waals surface area contributed by atoms with Gasteiger partial charge in [-0.3, -0.25) is 9.59 Å². The van der Waals surface area contributed by atoms with E-state index in [1.54, 1.807) is 25.6 Å². The van der Waals surface area contributed by atoms with E-state index in [0.717, 1.165) is 12.2 Å². The molecule has 0 unspecified atom stereocenters. The van der Waals surface area contributed by atoms with Crippen molar-refractivity contribution >= 4 is 23.6 Å². The summed E-state index contributed by atoms with van der Waals surface area (Å²) in [4.78, 5) is 23.0. The van der Waals surface area contributed by atoms with Gasteiger partial charge in [0.1, 0.15) is 6.10 Å². The van der Waals surface area contributed by atoms with Gasteiger partial charge in [0.25, 0.3) is 0 Å². The number of carbonyl (C=O) groups is 2. The van der Waals surface area contributed by atoms with Gasteiger partial charge in [-0.15, -0.1) is 0 Å². The Morgan fingerprint density at radius 3 is 2.47 bits per heavy atom. The quantitative estimate of drug-likeness (QED) is 0.423. The predicted octanol–water partition coefficient (Wildman–Crippen LogP) is -0.649. The van der Waals surface area contributed by atoms with Crippen LogP contribution in [0.1, 0.15) is 20.3 Å². The van der Waals surface area contributed by atoms with E-state index in [1.165, 1.54) is 0 Å². The van der Waals surface area contributed by atoms with E-state index in [2.05, 4.69) is 10.6 Å². The molecule has 0 spiro atoms. The maximum absolute atomic E-state index is 11.6. The number of thioether (sulfide) groups is 1. The molecule has 0 heterocycles. The fourth-order valence-electron chi connectivity index (χ4n) is 1.21. The summed E-state index contributed by atoms with van der Waals surface area (Å²) in [6, 6.07) is 0. The highest BCUT2D eigenvalue weighted by Gasteiger charge is 2.32. The number of aliphatic hydroxyl groups is 2. The lowest BCUT2D eigenvalue weighted by Gasteiger charge is -2.26. The molecule has 0 aromatic carbocycles. The van der Waals surface area contributed by atoms with Gasteiger partial charge in [0.2, 0.25) is 11.8 Å². The molecule has 0 aromatic rings. The zero-order valence-electron chi connectivity index (χ0n) is 11.7. The number of hydrogen-bond donors (Lipinski definition) is 4. The number of rotatable bonds is 9. The lowest BCUT2D eigenvalue weighted by atomic mass is 9.87. The summed E-state index contributed by atoms with van der Waals surface area (Å²) in [6.45, 7) is 3.22. The minimum absolute atomic E-state index is 0.170. The molecule has 0 saturated heterocycles. The number of amides is 2. The minimum atomic E-state index is -1.35. The van der Waals surface area contributed by atoms with Crippen LogP contribution in [0.15, 0.2) is 0 Å². The molecule has 0 aromatic heterocycles. The van der Waals surface area contributed by atoms with Gasteiger partial charge in [0.05, 0.1) is 13.2 Å². The molecule has 0 fully saturated rings. The third-order valence-electron chi connectivity index (χ3n) is 2.67. The van der Waals surface area contributed by atoms with Crippen LogP contribution in [0.25, 0.3) is 0 Å². The summed E-state index contributed by atoms with van der Waals surface area (Å²) in [6.07, 6.45) is 1.52. The van der Waals surface area contributed by atoms with Crippen LogP contribution >= 0.6 is 11.8 Å². The predicted molar refractivity (Wildman–Crippen MR) is 75.9 cm³/mol. The third-order valence-corrected chi connectivity index (χ3v) is 3.36. The summed E-state index contributed by atoms with van der Waals surface area (Å²) in [5.41, 5.74) is -0.932.